The summed E-state index contributed by atoms with van der Waals surface area (Å²) >= 11 is 11.8. The molecule has 5 aromatic rings. The fourth-order valence-corrected chi connectivity index (χ4v) is 3.39. The summed E-state index contributed by atoms with van der Waals surface area (Å²) in [4.78, 5) is 8.30. The summed E-state index contributed by atoms with van der Waals surface area (Å²) in [6.07, 6.45) is 3.49. The van der Waals surface area contributed by atoms with Crippen molar-refractivity contribution in [3.05, 3.63) is 112 Å². The molecular formula is C24H14BCl2F5N2O3. The Hall–Kier alpha value is -3.51. The molecule has 0 atom stereocenters. The van der Waals surface area contributed by atoms with Gasteiger partial charge in [0.05, 0.1) is 21.1 Å². The van der Waals surface area contributed by atoms with E-state index in [0.717, 1.165) is 21.8 Å². The summed E-state index contributed by atoms with van der Waals surface area (Å²) in [5.74, 6) is -13.1. The van der Waals surface area contributed by atoms with Crippen LogP contribution >= 0.6 is 23.2 Å². The van der Waals surface area contributed by atoms with Crippen molar-refractivity contribution in [1.29, 1.82) is 0 Å². The van der Waals surface area contributed by atoms with Crippen molar-refractivity contribution in [2.75, 3.05) is 0 Å². The van der Waals surface area contributed by atoms with Crippen molar-refractivity contribution >= 4 is 52.3 Å². The third kappa shape index (κ3) is 6.83. The lowest BCUT2D eigenvalue weighted by Crippen LogP contribution is -2.23. The van der Waals surface area contributed by atoms with Gasteiger partial charge >= 0.3 is 7.32 Å². The predicted molar refractivity (Wildman–Crippen MR) is 131 cm³/mol. The van der Waals surface area contributed by atoms with E-state index in [1.54, 1.807) is 12.4 Å². The molecule has 0 fully saturated rings. The van der Waals surface area contributed by atoms with Crippen molar-refractivity contribution in [2.24, 2.45) is 0 Å². The number of hydrogen-bond donors (Lipinski definition) is 2. The molecule has 0 radical (unpaired) electrons. The van der Waals surface area contributed by atoms with Gasteiger partial charge in [-0.1, -0.05) is 59.6 Å². The number of para-hydroxylation sites is 2. The van der Waals surface area contributed by atoms with Crippen molar-refractivity contribution in [1.82, 2.24) is 9.97 Å². The van der Waals surface area contributed by atoms with Gasteiger partial charge in [0.15, 0.2) is 5.75 Å². The number of rotatable bonds is 2. The largest absolute Gasteiger partial charge is 0.707 e. The quantitative estimate of drug-likeness (QED) is 0.113. The minimum atomic E-state index is -2.70. The molecule has 5 nitrogen and oxygen atoms in total. The number of nitrogens with zero attached hydrogens (tertiary/aromatic N) is 2. The SMILES string of the molecule is Clc1cccc2cccnc12.Clc1cccc2cccnc12.OB(O)Oc1c(F)c(F)c(F)c(F)c1F. The van der Waals surface area contributed by atoms with Crippen molar-refractivity contribution < 1.29 is 36.7 Å². The Morgan fingerprint density at radius 2 is 0.973 bits per heavy atom. The van der Waals surface area contributed by atoms with Crippen LogP contribution in [0.2, 0.25) is 10.0 Å². The van der Waals surface area contributed by atoms with Gasteiger partial charge < -0.3 is 14.7 Å². The van der Waals surface area contributed by atoms with Crippen LogP contribution in [-0.2, 0) is 0 Å². The number of aromatic nitrogens is 2. The minimum absolute atomic E-state index is 0.711. The fourth-order valence-electron chi connectivity index (χ4n) is 2.93. The third-order valence-corrected chi connectivity index (χ3v) is 5.17. The molecule has 2 heterocycles. The predicted octanol–water partition coefficient (Wildman–Crippen LogP) is 6.51. The van der Waals surface area contributed by atoms with Crippen LogP contribution in [0.3, 0.4) is 0 Å². The monoisotopic (exact) mass is 554 g/mol. The Morgan fingerprint density at radius 1 is 0.595 bits per heavy atom. The fraction of sp³-hybridized carbons (Fsp3) is 0. The Bertz CT molecular complexity index is 1430. The second kappa shape index (κ2) is 12.6. The second-order valence-corrected chi connectivity index (χ2v) is 7.79. The highest BCUT2D eigenvalue weighted by Crippen LogP contribution is 2.29. The molecule has 5 rings (SSSR count). The van der Waals surface area contributed by atoms with Crippen molar-refractivity contribution in [2.45, 2.75) is 0 Å². The third-order valence-electron chi connectivity index (χ3n) is 4.56. The van der Waals surface area contributed by atoms with Crippen LogP contribution in [0.25, 0.3) is 21.8 Å². The lowest BCUT2D eigenvalue weighted by atomic mass is 10.2. The van der Waals surface area contributed by atoms with E-state index in [-0.39, 0.29) is 0 Å². The number of halogens is 7. The van der Waals surface area contributed by atoms with Crippen LogP contribution in [0.4, 0.5) is 22.0 Å². The highest BCUT2D eigenvalue weighted by atomic mass is 35.5. The van der Waals surface area contributed by atoms with Gasteiger partial charge in [0.25, 0.3) is 0 Å². The summed E-state index contributed by atoms with van der Waals surface area (Å²) in [6.45, 7) is 0. The maximum absolute atomic E-state index is 12.7. The van der Waals surface area contributed by atoms with E-state index in [1.807, 2.05) is 60.7 Å². The number of fused-ring (bicyclic) bond motifs is 2. The van der Waals surface area contributed by atoms with E-state index in [0.29, 0.717) is 10.0 Å². The molecule has 3 aromatic carbocycles. The van der Waals surface area contributed by atoms with Crippen molar-refractivity contribution in [3.8, 4) is 5.75 Å². The standard InChI is InChI=1S/2C9H6ClN.C6H2BF5O3/c2*10-8-5-1-3-7-4-2-6-11-9(7)8;8-1-2(9)4(11)6(15-7(13)14)5(12)3(1)10/h2*1-6H;13-14H. The molecule has 0 saturated carbocycles. The lowest BCUT2D eigenvalue weighted by Gasteiger charge is -2.08. The molecule has 0 aliphatic carbocycles. The topological polar surface area (TPSA) is 75.5 Å². The van der Waals surface area contributed by atoms with Gasteiger partial charge in [0.1, 0.15) is 0 Å². The van der Waals surface area contributed by atoms with Crippen LogP contribution in [-0.4, -0.2) is 27.3 Å². The first-order valence-corrected chi connectivity index (χ1v) is 10.9. The second-order valence-electron chi connectivity index (χ2n) is 6.97. The average Bonchev–Trinajstić information content (AvgIpc) is 2.90. The van der Waals surface area contributed by atoms with Gasteiger partial charge in [0.2, 0.25) is 29.1 Å². The van der Waals surface area contributed by atoms with Crippen LogP contribution in [0.5, 0.6) is 5.75 Å². The van der Waals surface area contributed by atoms with E-state index in [4.69, 9.17) is 33.2 Å². The lowest BCUT2D eigenvalue weighted by molar-refractivity contribution is 0.263. The molecule has 0 spiro atoms. The Kier molecular flexibility index (Phi) is 9.59. The molecule has 0 bridgehead atoms. The molecule has 2 aromatic heterocycles. The summed E-state index contributed by atoms with van der Waals surface area (Å²) in [5.41, 5.74) is 1.74. The highest BCUT2D eigenvalue weighted by molar-refractivity contribution is 6.35. The van der Waals surface area contributed by atoms with Gasteiger partial charge in [-0.3, -0.25) is 9.97 Å². The minimum Gasteiger partial charge on any atom is -0.507 e. The first-order valence-electron chi connectivity index (χ1n) is 10.1. The van der Waals surface area contributed by atoms with Crippen molar-refractivity contribution in [3.63, 3.8) is 0 Å². The molecule has 0 amide bonds. The summed E-state index contributed by atoms with van der Waals surface area (Å²) in [6, 6.07) is 19.3. The number of hydrogen-bond acceptors (Lipinski definition) is 5. The molecule has 37 heavy (non-hydrogen) atoms. The van der Waals surface area contributed by atoms with Gasteiger partial charge in [0, 0.05) is 23.2 Å². The molecule has 190 valence electrons. The van der Waals surface area contributed by atoms with E-state index in [2.05, 4.69) is 14.6 Å². The van der Waals surface area contributed by atoms with Gasteiger partial charge in [-0.15, -0.1) is 0 Å². The Balaban J connectivity index is 0.000000156. The van der Waals surface area contributed by atoms with Crippen LogP contribution in [0, 0.1) is 29.1 Å². The molecule has 0 unspecified atom stereocenters. The zero-order valence-electron chi connectivity index (χ0n) is 18.3. The summed E-state index contributed by atoms with van der Waals surface area (Å²) < 4.78 is 66.3. The zero-order valence-corrected chi connectivity index (χ0v) is 19.9. The van der Waals surface area contributed by atoms with Crippen LogP contribution in [0.15, 0.2) is 73.1 Å². The molecule has 2 N–H and O–H groups in total. The molecule has 0 aliphatic heterocycles. The first kappa shape index (κ1) is 28.1. The van der Waals surface area contributed by atoms with E-state index >= 15 is 0 Å². The maximum Gasteiger partial charge on any atom is 0.707 e. The highest BCUT2D eigenvalue weighted by Gasteiger charge is 2.29. The zero-order chi connectivity index (χ0) is 27.1. The van der Waals surface area contributed by atoms with E-state index in [9.17, 15) is 22.0 Å². The molecule has 13 heteroatoms. The maximum atomic E-state index is 12.7. The average molecular weight is 555 g/mol. The molecule has 0 aliphatic rings. The number of pyridine rings is 2. The Morgan fingerprint density at radius 3 is 1.35 bits per heavy atom. The van der Waals surface area contributed by atoms with E-state index < -0.39 is 42.2 Å². The number of benzene rings is 3. The Labute approximate surface area is 216 Å². The smallest absolute Gasteiger partial charge is 0.507 e. The first-order chi connectivity index (χ1) is 17.6. The summed E-state index contributed by atoms with van der Waals surface area (Å²) in [5, 5.41) is 19.9. The summed E-state index contributed by atoms with van der Waals surface area (Å²) in [7, 11) is -2.70. The normalized spacial score (nSPS) is 10.3. The molecular weight excluding hydrogens is 541 g/mol. The van der Waals surface area contributed by atoms with Crippen LogP contribution < -0.4 is 4.65 Å². The molecule has 0 saturated heterocycles. The van der Waals surface area contributed by atoms with E-state index in [1.165, 1.54) is 0 Å². The van der Waals surface area contributed by atoms with Crippen LogP contribution in [0.1, 0.15) is 0 Å². The van der Waals surface area contributed by atoms with Gasteiger partial charge in [-0.2, -0.15) is 8.78 Å². The van der Waals surface area contributed by atoms with Gasteiger partial charge in [-0.05, 0) is 24.3 Å². The van der Waals surface area contributed by atoms with Gasteiger partial charge in [-0.25, -0.2) is 13.2 Å².